The van der Waals surface area contributed by atoms with Gasteiger partial charge in [0.25, 0.3) is 0 Å². The highest BCUT2D eigenvalue weighted by atomic mass is 32.1. The summed E-state index contributed by atoms with van der Waals surface area (Å²) in [5, 5.41) is 5.14. The van der Waals surface area contributed by atoms with Crippen molar-refractivity contribution in [3.63, 3.8) is 0 Å². The minimum absolute atomic E-state index is 0.0678. The minimum atomic E-state index is -0.129. The normalized spacial score (nSPS) is 16.5. The first-order valence-electron chi connectivity index (χ1n) is 8.24. The van der Waals surface area contributed by atoms with Gasteiger partial charge in [0.2, 0.25) is 5.91 Å². The van der Waals surface area contributed by atoms with E-state index in [1.807, 2.05) is 35.7 Å². The molecule has 1 aromatic carbocycles. The number of hydrogen-bond donors (Lipinski definition) is 1. The van der Waals surface area contributed by atoms with Crippen LogP contribution in [0.2, 0.25) is 0 Å². The summed E-state index contributed by atoms with van der Waals surface area (Å²) in [4.78, 5) is 13.4. The van der Waals surface area contributed by atoms with Crippen LogP contribution in [0, 0.1) is 0 Å². The van der Waals surface area contributed by atoms with Crippen LogP contribution in [0.5, 0.6) is 5.75 Å². The monoisotopic (exact) mass is 345 g/mol. The molecule has 2 aromatic rings. The fraction of sp³-hybridized carbons (Fsp3) is 0.421. The third-order valence-corrected chi connectivity index (χ3v) is 5.54. The number of para-hydroxylation sites is 1. The van der Waals surface area contributed by atoms with Crippen LogP contribution >= 0.6 is 11.3 Å². The SMILES string of the molecule is COc1ccccc1C1(CNC(=O)Cc2cccs2)CCOCC1. The smallest absolute Gasteiger partial charge is 0.225 e. The summed E-state index contributed by atoms with van der Waals surface area (Å²) < 4.78 is 11.1. The van der Waals surface area contributed by atoms with Gasteiger partial charge >= 0.3 is 0 Å². The quantitative estimate of drug-likeness (QED) is 0.875. The average molecular weight is 345 g/mol. The van der Waals surface area contributed by atoms with Crippen LogP contribution < -0.4 is 10.1 Å². The van der Waals surface area contributed by atoms with Crippen molar-refractivity contribution in [1.82, 2.24) is 5.32 Å². The molecule has 1 aromatic heterocycles. The van der Waals surface area contributed by atoms with Crippen LogP contribution in [0.1, 0.15) is 23.3 Å². The van der Waals surface area contributed by atoms with E-state index in [0.717, 1.165) is 29.0 Å². The molecule has 3 rings (SSSR count). The van der Waals surface area contributed by atoms with Crippen LogP contribution in [-0.2, 0) is 21.4 Å². The largest absolute Gasteiger partial charge is 0.496 e. The zero-order chi connectivity index (χ0) is 16.8. The number of nitrogens with one attached hydrogen (secondary N) is 1. The molecule has 1 N–H and O–H groups in total. The topological polar surface area (TPSA) is 47.6 Å². The van der Waals surface area contributed by atoms with Gasteiger partial charge in [-0.25, -0.2) is 0 Å². The summed E-state index contributed by atoms with van der Waals surface area (Å²) in [5.41, 5.74) is 1.03. The Bertz CT molecular complexity index is 663. The van der Waals surface area contributed by atoms with Crippen molar-refractivity contribution in [3.8, 4) is 5.75 Å². The van der Waals surface area contributed by atoms with E-state index in [2.05, 4.69) is 11.4 Å². The van der Waals surface area contributed by atoms with Gasteiger partial charge in [0.1, 0.15) is 5.75 Å². The molecule has 1 amide bonds. The summed E-state index contributed by atoms with van der Waals surface area (Å²) in [5.74, 6) is 0.949. The number of carbonyl (C=O) groups excluding carboxylic acids is 1. The summed E-state index contributed by atoms with van der Waals surface area (Å²) in [6, 6.07) is 12.1. The van der Waals surface area contributed by atoms with E-state index < -0.39 is 0 Å². The van der Waals surface area contributed by atoms with Crippen molar-refractivity contribution in [1.29, 1.82) is 0 Å². The summed E-state index contributed by atoms with van der Waals surface area (Å²) in [6.07, 6.45) is 2.20. The summed E-state index contributed by atoms with van der Waals surface area (Å²) in [7, 11) is 1.70. The minimum Gasteiger partial charge on any atom is -0.496 e. The number of amides is 1. The van der Waals surface area contributed by atoms with Crippen molar-refractivity contribution >= 4 is 17.2 Å². The highest BCUT2D eigenvalue weighted by Crippen LogP contribution is 2.39. The standard InChI is InChI=1S/C19H23NO3S/c1-22-17-7-3-2-6-16(17)19(8-10-23-11-9-19)14-20-18(21)13-15-5-4-12-24-15/h2-7,12H,8-11,13-14H2,1H3,(H,20,21). The molecule has 1 aliphatic rings. The molecule has 0 aliphatic carbocycles. The second-order valence-electron chi connectivity index (χ2n) is 6.13. The molecule has 5 heteroatoms. The van der Waals surface area contributed by atoms with Crippen LogP contribution in [-0.4, -0.2) is 32.8 Å². The predicted octanol–water partition coefficient (Wildman–Crippen LogP) is 3.16. The van der Waals surface area contributed by atoms with Crippen molar-refractivity contribution in [2.24, 2.45) is 0 Å². The van der Waals surface area contributed by atoms with Crippen LogP contribution in [0.15, 0.2) is 41.8 Å². The third-order valence-electron chi connectivity index (χ3n) is 4.67. The molecule has 24 heavy (non-hydrogen) atoms. The first-order chi connectivity index (χ1) is 11.7. The van der Waals surface area contributed by atoms with Crippen molar-refractivity contribution < 1.29 is 14.3 Å². The lowest BCUT2D eigenvalue weighted by molar-refractivity contribution is -0.120. The second kappa shape index (κ2) is 7.81. The molecule has 1 aliphatic heterocycles. The molecule has 0 bridgehead atoms. The Labute approximate surface area is 146 Å². The first kappa shape index (κ1) is 17.0. The van der Waals surface area contributed by atoms with Gasteiger partial charge in [0.15, 0.2) is 0 Å². The summed E-state index contributed by atoms with van der Waals surface area (Å²) in [6.45, 7) is 2.03. The highest BCUT2D eigenvalue weighted by molar-refractivity contribution is 7.10. The molecule has 0 radical (unpaired) electrons. The first-order valence-corrected chi connectivity index (χ1v) is 9.12. The second-order valence-corrected chi connectivity index (χ2v) is 7.16. The number of rotatable bonds is 6. The van der Waals surface area contributed by atoms with Gasteiger partial charge in [-0.15, -0.1) is 11.3 Å². The Hall–Kier alpha value is -1.85. The molecular formula is C19H23NO3S. The molecule has 0 saturated carbocycles. The Kier molecular flexibility index (Phi) is 5.53. The van der Waals surface area contributed by atoms with Gasteiger partial charge in [-0.3, -0.25) is 4.79 Å². The van der Waals surface area contributed by atoms with Gasteiger partial charge in [-0.1, -0.05) is 24.3 Å². The lowest BCUT2D eigenvalue weighted by atomic mass is 9.73. The molecular weight excluding hydrogens is 322 g/mol. The molecule has 0 unspecified atom stereocenters. The predicted molar refractivity (Wildman–Crippen MR) is 95.8 cm³/mol. The van der Waals surface area contributed by atoms with Crippen molar-refractivity contribution in [3.05, 3.63) is 52.2 Å². The molecule has 128 valence electrons. The maximum Gasteiger partial charge on any atom is 0.225 e. The number of ether oxygens (including phenoxy) is 2. The fourth-order valence-electron chi connectivity index (χ4n) is 3.29. The van der Waals surface area contributed by atoms with Gasteiger partial charge in [-0.2, -0.15) is 0 Å². The zero-order valence-corrected chi connectivity index (χ0v) is 14.7. The van der Waals surface area contributed by atoms with E-state index >= 15 is 0 Å². The van der Waals surface area contributed by atoms with Gasteiger partial charge < -0.3 is 14.8 Å². The Morgan fingerprint density at radius 1 is 1.25 bits per heavy atom. The lowest BCUT2D eigenvalue weighted by Crippen LogP contribution is -2.45. The third kappa shape index (κ3) is 3.79. The molecule has 1 fully saturated rings. The number of hydrogen-bond acceptors (Lipinski definition) is 4. The maximum atomic E-state index is 12.3. The van der Waals surface area contributed by atoms with Gasteiger partial charge in [0.05, 0.1) is 13.5 Å². The molecule has 4 nitrogen and oxygen atoms in total. The Balaban J connectivity index is 1.75. The maximum absolute atomic E-state index is 12.3. The van der Waals surface area contributed by atoms with Crippen molar-refractivity contribution in [2.75, 3.05) is 26.9 Å². The number of carbonyl (C=O) groups is 1. The Morgan fingerprint density at radius 3 is 2.75 bits per heavy atom. The van der Waals surface area contributed by atoms with Crippen LogP contribution in [0.3, 0.4) is 0 Å². The molecule has 2 heterocycles. The van der Waals surface area contributed by atoms with E-state index in [0.29, 0.717) is 26.2 Å². The van der Waals surface area contributed by atoms with E-state index in [1.165, 1.54) is 0 Å². The summed E-state index contributed by atoms with van der Waals surface area (Å²) >= 11 is 1.61. The van der Waals surface area contributed by atoms with E-state index in [-0.39, 0.29) is 11.3 Å². The lowest BCUT2D eigenvalue weighted by Gasteiger charge is -2.38. The average Bonchev–Trinajstić information content (AvgIpc) is 3.14. The molecule has 1 saturated heterocycles. The van der Waals surface area contributed by atoms with Gasteiger partial charge in [0, 0.05) is 35.6 Å². The fourth-order valence-corrected chi connectivity index (χ4v) is 3.99. The van der Waals surface area contributed by atoms with Crippen LogP contribution in [0.4, 0.5) is 0 Å². The number of methoxy groups -OCH3 is 1. The number of benzene rings is 1. The van der Waals surface area contributed by atoms with Gasteiger partial charge in [-0.05, 0) is 30.4 Å². The van der Waals surface area contributed by atoms with Crippen molar-refractivity contribution in [2.45, 2.75) is 24.7 Å². The number of thiophene rings is 1. The van der Waals surface area contributed by atoms with E-state index in [1.54, 1.807) is 18.4 Å². The highest BCUT2D eigenvalue weighted by Gasteiger charge is 2.37. The molecule has 0 atom stereocenters. The Morgan fingerprint density at radius 2 is 2.04 bits per heavy atom. The zero-order valence-electron chi connectivity index (χ0n) is 13.9. The van der Waals surface area contributed by atoms with E-state index in [9.17, 15) is 4.79 Å². The van der Waals surface area contributed by atoms with Crippen LogP contribution in [0.25, 0.3) is 0 Å². The molecule has 0 spiro atoms. The van der Waals surface area contributed by atoms with E-state index in [4.69, 9.17) is 9.47 Å².